The predicted octanol–water partition coefficient (Wildman–Crippen LogP) is 4.06. The van der Waals surface area contributed by atoms with E-state index in [1.807, 2.05) is 24.3 Å². The van der Waals surface area contributed by atoms with Crippen LogP contribution in [0.15, 0.2) is 54.7 Å². The number of halogens is 1. The van der Waals surface area contributed by atoms with Gasteiger partial charge in [-0.3, -0.25) is 19.9 Å². The SMILES string of the molecule is O=C(NCCNc1ccnc2cc(Cl)ccc12)C1(c2ccc([N+](=O)[O-])cc2)CC1. The minimum Gasteiger partial charge on any atom is -0.383 e. The molecular weight excluding hydrogens is 392 g/mol. The summed E-state index contributed by atoms with van der Waals surface area (Å²) in [6, 6.07) is 13.7. The number of rotatable bonds is 7. The van der Waals surface area contributed by atoms with Crippen molar-refractivity contribution in [1.82, 2.24) is 10.3 Å². The molecule has 3 aromatic rings. The molecule has 0 spiro atoms. The van der Waals surface area contributed by atoms with E-state index in [0.717, 1.165) is 35.0 Å². The summed E-state index contributed by atoms with van der Waals surface area (Å²) in [5.74, 6) is -0.0421. The van der Waals surface area contributed by atoms with E-state index >= 15 is 0 Å². The molecule has 1 aliphatic rings. The molecule has 1 amide bonds. The summed E-state index contributed by atoms with van der Waals surface area (Å²) < 4.78 is 0. The third-order valence-corrected chi connectivity index (χ3v) is 5.48. The molecule has 0 radical (unpaired) electrons. The molecule has 4 rings (SSSR count). The molecule has 0 unspecified atom stereocenters. The normalized spacial score (nSPS) is 14.4. The molecule has 1 aromatic heterocycles. The van der Waals surface area contributed by atoms with Crippen LogP contribution < -0.4 is 10.6 Å². The Morgan fingerprint density at radius 2 is 1.90 bits per heavy atom. The molecule has 2 N–H and O–H groups in total. The van der Waals surface area contributed by atoms with Gasteiger partial charge in [0.1, 0.15) is 0 Å². The number of non-ortho nitro benzene ring substituents is 1. The summed E-state index contributed by atoms with van der Waals surface area (Å²) in [7, 11) is 0. The quantitative estimate of drug-likeness (QED) is 0.348. The molecule has 29 heavy (non-hydrogen) atoms. The van der Waals surface area contributed by atoms with Crippen molar-refractivity contribution in [3.8, 4) is 0 Å². The van der Waals surface area contributed by atoms with Crippen molar-refractivity contribution >= 4 is 39.8 Å². The van der Waals surface area contributed by atoms with E-state index in [4.69, 9.17) is 11.6 Å². The van der Waals surface area contributed by atoms with Crippen LogP contribution in [0.1, 0.15) is 18.4 Å². The molecule has 0 saturated heterocycles. The van der Waals surface area contributed by atoms with Crippen molar-refractivity contribution < 1.29 is 9.72 Å². The molecule has 148 valence electrons. The number of nitro benzene ring substituents is 1. The van der Waals surface area contributed by atoms with E-state index < -0.39 is 10.3 Å². The van der Waals surface area contributed by atoms with Crippen molar-refractivity contribution in [2.75, 3.05) is 18.4 Å². The second-order valence-corrected chi connectivity index (χ2v) is 7.53. The molecule has 0 aliphatic heterocycles. The van der Waals surface area contributed by atoms with Crippen LogP contribution in [0.4, 0.5) is 11.4 Å². The van der Waals surface area contributed by atoms with E-state index in [1.165, 1.54) is 12.1 Å². The Bertz CT molecular complexity index is 1080. The maximum absolute atomic E-state index is 12.7. The number of nitrogens with zero attached hydrogens (tertiary/aromatic N) is 2. The first kappa shape index (κ1) is 19.1. The van der Waals surface area contributed by atoms with Gasteiger partial charge in [-0.15, -0.1) is 0 Å². The number of nitro groups is 1. The van der Waals surface area contributed by atoms with Crippen LogP contribution in [0.5, 0.6) is 0 Å². The van der Waals surface area contributed by atoms with Crippen LogP contribution in [-0.2, 0) is 10.2 Å². The lowest BCUT2D eigenvalue weighted by atomic mass is 9.95. The van der Waals surface area contributed by atoms with E-state index in [0.29, 0.717) is 18.1 Å². The zero-order valence-electron chi connectivity index (χ0n) is 15.5. The lowest BCUT2D eigenvalue weighted by Gasteiger charge is -2.16. The van der Waals surface area contributed by atoms with Crippen LogP contribution in [0.2, 0.25) is 5.02 Å². The molecule has 0 bridgehead atoms. The molecule has 1 aliphatic carbocycles. The minimum absolute atomic E-state index is 0.0278. The van der Waals surface area contributed by atoms with Gasteiger partial charge < -0.3 is 10.6 Å². The van der Waals surface area contributed by atoms with E-state index in [-0.39, 0.29) is 11.6 Å². The number of carbonyl (C=O) groups is 1. The molecule has 1 saturated carbocycles. The highest BCUT2D eigenvalue weighted by molar-refractivity contribution is 6.31. The summed E-state index contributed by atoms with van der Waals surface area (Å²) in [4.78, 5) is 27.4. The highest BCUT2D eigenvalue weighted by Crippen LogP contribution is 2.48. The molecule has 1 fully saturated rings. The fourth-order valence-electron chi connectivity index (χ4n) is 3.49. The number of pyridine rings is 1. The van der Waals surface area contributed by atoms with Crippen molar-refractivity contribution in [2.45, 2.75) is 18.3 Å². The maximum atomic E-state index is 12.7. The van der Waals surface area contributed by atoms with Crippen molar-refractivity contribution in [1.29, 1.82) is 0 Å². The second kappa shape index (κ2) is 7.67. The molecule has 0 atom stereocenters. The third kappa shape index (κ3) is 3.86. The fourth-order valence-corrected chi connectivity index (χ4v) is 3.66. The van der Waals surface area contributed by atoms with Crippen molar-refractivity contribution in [3.05, 3.63) is 75.4 Å². The first-order chi connectivity index (χ1) is 14.0. The molecular formula is C21H19ClN4O3. The third-order valence-electron chi connectivity index (χ3n) is 5.25. The van der Waals surface area contributed by atoms with Gasteiger partial charge in [-0.25, -0.2) is 0 Å². The Kier molecular flexibility index (Phi) is 5.07. The minimum atomic E-state index is -0.560. The number of hydrogen-bond donors (Lipinski definition) is 2. The molecule has 1 heterocycles. The zero-order valence-corrected chi connectivity index (χ0v) is 16.3. The summed E-state index contributed by atoms with van der Waals surface area (Å²) in [5, 5.41) is 18.7. The zero-order chi connectivity index (χ0) is 20.4. The maximum Gasteiger partial charge on any atom is 0.269 e. The first-order valence-corrected chi connectivity index (χ1v) is 9.69. The second-order valence-electron chi connectivity index (χ2n) is 7.09. The van der Waals surface area contributed by atoms with Gasteiger partial charge in [0.25, 0.3) is 5.69 Å². The highest BCUT2D eigenvalue weighted by Gasteiger charge is 2.51. The number of hydrogen-bond acceptors (Lipinski definition) is 5. The number of amides is 1. The van der Waals surface area contributed by atoms with E-state index in [9.17, 15) is 14.9 Å². The van der Waals surface area contributed by atoms with E-state index in [1.54, 1.807) is 18.3 Å². The number of carbonyl (C=O) groups excluding carboxylic acids is 1. The number of aromatic nitrogens is 1. The van der Waals surface area contributed by atoms with Crippen LogP contribution in [-0.4, -0.2) is 28.9 Å². The number of benzene rings is 2. The number of nitrogens with one attached hydrogen (secondary N) is 2. The topological polar surface area (TPSA) is 97.2 Å². The Labute approximate surface area is 172 Å². The summed E-state index contributed by atoms with van der Waals surface area (Å²) in [5.41, 5.74) is 2.03. The van der Waals surface area contributed by atoms with Gasteiger partial charge >= 0.3 is 0 Å². The van der Waals surface area contributed by atoms with Gasteiger partial charge in [-0.05, 0) is 42.7 Å². The fraction of sp³-hybridized carbons (Fsp3) is 0.238. The summed E-state index contributed by atoms with van der Waals surface area (Å²) >= 11 is 6.01. The Balaban J connectivity index is 1.35. The van der Waals surface area contributed by atoms with Crippen molar-refractivity contribution in [3.63, 3.8) is 0 Å². The van der Waals surface area contributed by atoms with Gasteiger partial charge in [-0.2, -0.15) is 0 Å². The van der Waals surface area contributed by atoms with Crippen LogP contribution in [0.25, 0.3) is 10.9 Å². The van der Waals surface area contributed by atoms with Gasteiger partial charge in [0, 0.05) is 47.5 Å². The van der Waals surface area contributed by atoms with Crippen molar-refractivity contribution in [2.24, 2.45) is 0 Å². The largest absolute Gasteiger partial charge is 0.383 e. The summed E-state index contributed by atoms with van der Waals surface area (Å²) in [6.07, 6.45) is 3.22. The lowest BCUT2D eigenvalue weighted by Crippen LogP contribution is -2.37. The molecule has 2 aromatic carbocycles. The van der Waals surface area contributed by atoms with Crippen LogP contribution >= 0.6 is 11.6 Å². The van der Waals surface area contributed by atoms with Crippen LogP contribution in [0.3, 0.4) is 0 Å². The predicted molar refractivity (Wildman–Crippen MR) is 112 cm³/mol. The Morgan fingerprint density at radius 3 is 2.59 bits per heavy atom. The number of anilines is 1. The van der Waals surface area contributed by atoms with E-state index in [2.05, 4.69) is 15.6 Å². The van der Waals surface area contributed by atoms with Gasteiger partial charge in [0.05, 0.1) is 15.9 Å². The Morgan fingerprint density at radius 1 is 1.14 bits per heavy atom. The first-order valence-electron chi connectivity index (χ1n) is 9.31. The van der Waals surface area contributed by atoms with Crippen LogP contribution in [0, 0.1) is 10.1 Å². The average Bonchev–Trinajstić information content (AvgIpc) is 3.53. The summed E-state index contributed by atoms with van der Waals surface area (Å²) in [6.45, 7) is 1.02. The molecule has 7 nitrogen and oxygen atoms in total. The van der Waals surface area contributed by atoms with Gasteiger partial charge in [-0.1, -0.05) is 23.7 Å². The standard InChI is InChI=1S/C21H19ClN4O3/c22-15-3-6-17-18(7-10-23-19(17)13-15)24-11-12-25-20(27)21(8-9-21)14-1-4-16(5-2-14)26(28)29/h1-7,10,13H,8-9,11-12H2,(H,23,24)(H,25,27). The highest BCUT2D eigenvalue weighted by atomic mass is 35.5. The lowest BCUT2D eigenvalue weighted by molar-refractivity contribution is -0.384. The van der Waals surface area contributed by atoms with Gasteiger partial charge in [0.15, 0.2) is 0 Å². The number of fused-ring (bicyclic) bond motifs is 1. The molecule has 8 heteroatoms. The monoisotopic (exact) mass is 410 g/mol. The average molecular weight is 411 g/mol. The Hall–Kier alpha value is -3.19. The van der Waals surface area contributed by atoms with Gasteiger partial charge in [0.2, 0.25) is 5.91 Å². The smallest absolute Gasteiger partial charge is 0.269 e.